The minimum absolute atomic E-state index is 0.215. The van der Waals surface area contributed by atoms with Crippen molar-refractivity contribution in [3.63, 3.8) is 0 Å². The smallest absolute Gasteiger partial charge is 0.123 e. The van der Waals surface area contributed by atoms with E-state index >= 15 is 0 Å². The van der Waals surface area contributed by atoms with Crippen molar-refractivity contribution in [1.29, 1.82) is 0 Å². The first kappa shape index (κ1) is 12.8. The summed E-state index contributed by atoms with van der Waals surface area (Å²) < 4.78 is 0. The van der Waals surface area contributed by atoms with E-state index in [0.717, 1.165) is 21.9 Å². The lowest BCUT2D eigenvalue weighted by Crippen LogP contribution is -2.05. The maximum absolute atomic E-state index is 10.1. The summed E-state index contributed by atoms with van der Waals surface area (Å²) in [6.07, 6.45) is 6.38. The minimum Gasteiger partial charge on any atom is -0.508 e. The van der Waals surface area contributed by atoms with Crippen LogP contribution < -0.4 is 0 Å². The third-order valence-electron chi connectivity index (χ3n) is 3.61. The van der Waals surface area contributed by atoms with Gasteiger partial charge in [-0.3, -0.25) is 0 Å². The van der Waals surface area contributed by atoms with Crippen molar-refractivity contribution in [3.05, 3.63) is 59.7 Å². The summed E-state index contributed by atoms with van der Waals surface area (Å²) in [6, 6.07) is 8.74. The van der Waals surface area contributed by atoms with Gasteiger partial charge in [-0.25, -0.2) is 0 Å². The molecule has 20 heavy (non-hydrogen) atoms. The van der Waals surface area contributed by atoms with Crippen molar-refractivity contribution < 1.29 is 15.3 Å². The number of allylic oxidation sites excluding steroid dienone is 2. The van der Waals surface area contributed by atoms with Gasteiger partial charge in [0, 0.05) is 11.8 Å². The van der Waals surface area contributed by atoms with E-state index in [-0.39, 0.29) is 11.5 Å². The van der Waals surface area contributed by atoms with Crippen LogP contribution in [0, 0.1) is 0 Å². The van der Waals surface area contributed by atoms with Gasteiger partial charge in [-0.15, -0.1) is 0 Å². The van der Waals surface area contributed by atoms with Crippen LogP contribution in [0.2, 0.25) is 0 Å². The fourth-order valence-electron chi connectivity index (χ4n) is 2.49. The van der Waals surface area contributed by atoms with Gasteiger partial charge in [-0.1, -0.05) is 30.4 Å². The number of aliphatic hydroxyl groups is 1. The highest BCUT2D eigenvalue weighted by Crippen LogP contribution is 2.32. The summed E-state index contributed by atoms with van der Waals surface area (Å²) in [5, 5.41) is 30.9. The molecule has 102 valence electrons. The maximum atomic E-state index is 10.1. The molecule has 0 bridgehead atoms. The monoisotopic (exact) mass is 268 g/mol. The largest absolute Gasteiger partial charge is 0.508 e. The van der Waals surface area contributed by atoms with Crippen molar-refractivity contribution in [3.8, 4) is 11.5 Å². The summed E-state index contributed by atoms with van der Waals surface area (Å²) in [4.78, 5) is 0. The predicted octanol–water partition coefficient (Wildman–Crippen LogP) is 3.04. The average Bonchev–Trinajstić information content (AvgIpc) is 2.43. The van der Waals surface area contributed by atoms with E-state index in [1.54, 1.807) is 24.3 Å². The Morgan fingerprint density at radius 2 is 1.95 bits per heavy atom. The molecular formula is C17H16O3. The standard InChI is InChI=1S/C17H16O3/c18-14-6-4-11(5-7-14)8-13-9-15-12(10-17(13)20)2-1-3-16(15)19/h1-6,9-10,14,18-20H,7-8H2. The summed E-state index contributed by atoms with van der Waals surface area (Å²) in [5.41, 5.74) is 1.83. The first-order valence-corrected chi connectivity index (χ1v) is 6.62. The Kier molecular flexibility index (Phi) is 3.20. The van der Waals surface area contributed by atoms with Crippen LogP contribution >= 0.6 is 0 Å². The molecule has 1 unspecified atom stereocenters. The lowest BCUT2D eigenvalue weighted by molar-refractivity contribution is 0.225. The van der Waals surface area contributed by atoms with Crippen LogP contribution in [0.4, 0.5) is 0 Å². The van der Waals surface area contributed by atoms with Crippen molar-refractivity contribution in [2.45, 2.75) is 18.9 Å². The van der Waals surface area contributed by atoms with E-state index in [0.29, 0.717) is 12.8 Å². The summed E-state index contributed by atoms with van der Waals surface area (Å²) in [5.74, 6) is 0.441. The topological polar surface area (TPSA) is 60.7 Å². The van der Waals surface area contributed by atoms with Gasteiger partial charge in [-0.05, 0) is 41.1 Å². The molecule has 1 atom stereocenters. The van der Waals surface area contributed by atoms with Crippen LogP contribution in [0.1, 0.15) is 12.0 Å². The van der Waals surface area contributed by atoms with Crippen LogP contribution in [-0.4, -0.2) is 21.4 Å². The number of hydrogen-bond acceptors (Lipinski definition) is 3. The van der Waals surface area contributed by atoms with E-state index in [2.05, 4.69) is 0 Å². The minimum atomic E-state index is -0.409. The molecule has 0 fully saturated rings. The molecule has 0 amide bonds. The number of aromatic hydroxyl groups is 2. The molecule has 1 aliphatic rings. The molecule has 0 aromatic heterocycles. The van der Waals surface area contributed by atoms with Gasteiger partial charge in [0.1, 0.15) is 11.5 Å². The van der Waals surface area contributed by atoms with Crippen molar-refractivity contribution >= 4 is 10.8 Å². The van der Waals surface area contributed by atoms with Crippen molar-refractivity contribution in [2.24, 2.45) is 0 Å². The number of rotatable bonds is 2. The van der Waals surface area contributed by atoms with Gasteiger partial charge in [-0.2, -0.15) is 0 Å². The Balaban J connectivity index is 1.98. The van der Waals surface area contributed by atoms with E-state index in [1.807, 2.05) is 24.3 Å². The zero-order valence-corrected chi connectivity index (χ0v) is 11.0. The van der Waals surface area contributed by atoms with E-state index < -0.39 is 6.10 Å². The highest BCUT2D eigenvalue weighted by atomic mass is 16.3. The lowest BCUT2D eigenvalue weighted by atomic mass is 9.96. The Morgan fingerprint density at radius 1 is 1.10 bits per heavy atom. The molecule has 0 saturated heterocycles. The zero-order valence-electron chi connectivity index (χ0n) is 11.0. The second-order valence-corrected chi connectivity index (χ2v) is 5.10. The normalized spacial score (nSPS) is 18.2. The van der Waals surface area contributed by atoms with Gasteiger partial charge in [0.15, 0.2) is 0 Å². The molecule has 0 saturated carbocycles. The number of fused-ring (bicyclic) bond motifs is 1. The molecule has 3 nitrogen and oxygen atoms in total. The Labute approximate surface area is 117 Å². The molecule has 2 aromatic rings. The number of benzene rings is 2. The molecule has 3 heteroatoms. The average molecular weight is 268 g/mol. The van der Waals surface area contributed by atoms with Gasteiger partial charge >= 0.3 is 0 Å². The van der Waals surface area contributed by atoms with Crippen LogP contribution in [0.5, 0.6) is 11.5 Å². The molecule has 0 heterocycles. The molecule has 0 radical (unpaired) electrons. The fourth-order valence-corrected chi connectivity index (χ4v) is 2.49. The Hall–Kier alpha value is -2.26. The summed E-state index contributed by atoms with van der Waals surface area (Å²) >= 11 is 0. The molecule has 1 aliphatic carbocycles. The highest BCUT2D eigenvalue weighted by molar-refractivity contribution is 5.90. The predicted molar refractivity (Wildman–Crippen MR) is 78.8 cm³/mol. The second-order valence-electron chi connectivity index (χ2n) is 5.10. The molecule has 3 N–H and O–H groups in total. The zero-order chi connectivity index (χ0) is 14.1. The number of phenols is 2. The third kappa shape index (κ3) is 2.40. The van der Waals surface area contributed by atoms with Gasteiger partial charge < -0.3 is 15.3 Å². The number of phenolic OH excluding ortho intramolecular Hbond substituents is 2. The van der Waals surface area contributed by atoms with Crippen LogP contribution in [-0.2, 0) is 6.42 Å². The van der Waals surface area contributed by atoms with Crippen molar-refractivity contribution in [1.82, 2.24) is 0 Å². The van der Waals surface area contributed by atoms with E-state index in [1.165, 1.54) is 0 Å². The summed E-state index contributed by atoms with van der Waals surface area (Å²) in [6.45, 7) is 0. The summed E-state index contributed by atoms with van der Waals surface area (Å²) in [7, 11) is 0. The number of hydrogen-bond donors (Lipinski definition) is 3. The Morgan fingerprint density at radius 3 is 2.70 bits per heavy atom. The lowest BCUT2D eigenvalue weighted by Gasteiger charge is -2.13. The van der Waals surface area contributed by atoms with E-state index in [4.69, 9.17) is 0 Å². The highest BCUT2D eigenvalue weighted by Gasteiger charge is 2.10. The molecule has 0 spiro atoms. The molecular weight excluding hydrogens is 252 g/mol. The van der Waals surface area contributed by atoms with Crippen molar-refractivity contribution in [2.75, 3.05) is 0 Å². The van der Waals surface area contributed by atoms with Gasteiger partial charge in [0.05, 0.1) is 6.10 Å². The third-order valence-corrected chi connectivity index (χ3v) is 3.61. The molecule has 0 aliphatic heterocycles. The first-order chi connectivity index (χ1) is 9.63. The van der Waals surface area contributed by atoms with Gasteiger partial charge in [0.25, 0.3) is 0 Å². The maximum Gasteiger partial charge on any atom is 0.123 e. The molecule has 3 rings (SSSR count). The second kappa shape index (κ2) is 5.02. The Bertz CT molecular complexity index is 713. The fraction of sp³-hybridized carbons (Fsp3) is 0.176. The molecule has 2 aromatic carbocycles. The van der Waals surface area contributed by atoms with Crippen LogP contribution in [0.3, 0.4) is 0 Å². The SMILES string of the molecule is Oc1cc2cccc(O)c2cc1CC1=CCC(O)C=C1. The van der Waals surface area contributed by atoms with E-state index in [9.17, 15) is 15.3 Å². The first-order valence-electron chi connectivity index (χ1n) is 6.62. The quantitative estimate of drug-likeness (QED) is 0.784. The van der Waals surface area contributed by atoms with Gasteiger partial charge in [0.2, 0.25) is 0 Å². The number of aliphatic hydroxyl groups excluding tert-OH is 1. The van der Waals surface area contributed by atoms with Crippen LogP contribution in [0.25, 0.3) is 10.8 Å². The van der Waals surface area contributed by atoms with Crippen LogP contribution in [0.15, 0.2) is 54.1 Å².